The molecule has 1 aromatic heterocycles. The molecule has 1 fully saturated rings. The van der Waals surface area contributed by atoms with Crippen LogP contribution < -0.4 is 10.1 Å². The highest BCUT2D eigenvalue weighted by Gasteiger charge is 2.24. The smallest absolute Gasteiger partial charge is 0.264 e. The molecule has 0 saturated heterocycles. The Morgan fingerprint density at radius 2 is 1.77 bits per heavy atom. The van der Waals surface area contributed by atoms with Crippen molar-refractivity contribution in [2.45, 2.75) is 44.4 Å². The second kappa shape index (κ2) is 9.08. The lowest BCUT2D eigenvalue weighted by Crippen LogP contribution is -2.13. The van der Waals surface area contributed by atoms with Crippen molar-refractivity contribution >= 4 is 11.6 Å². The lowest BCUT2D eigenvalue weighted by Gasteiger charge is -2.22. The maximum Gasteiger partial charge on any atom is 0.264 e. The number of hydrogen-bond donors (Lipinski definition) is 3. The SMILES string of the molecule is COc1c(Cc2ccccc2)[nH]c(O)c1C(=O)Nc1ccc(C2CCCCC2)cc1. The summed E-state index contributed by atoms with van der Waals surface area (Å²) in [6.45, 7) is 0. The lowest BCUT2D eigenvalue weighted by molar-refractivity contribution is 0.102. The number of anilines is 1. The highest BCUT2D eigenvalue weighted by Crippen LogP contribution is 2.35. The fourth-order valence-electron chi connectivity index (χ4n) is 4.35. The molecule has 0 spiro atoms. The number of ether oxygens (including phenoxy) is 1. The van der Waals surface area contributed by atoms with Gasteiger partial charge in [0.05, 0.1) is 12.8 Å². The highest BCUT2D eigenvalue weighted by atomic mass is 16.5. The standard InChI is InChI=1S/C25H28N2O3/c1-30-23-21(16-17-8-4-2-5-9-17)27-25(29)22(23)24(28)26-20-14-12-19(13-15-20)18-10-6-3-7-11-18/h2,4-5,8-9,12-15,18,27,29H,3,6-7,10-11,16H2,1H3,(H,26,28). The highest BCUT2D eigenvalue weighted by molar-refractivity contribution is 6.08. The van der Waals surface area contributed by atoms with Crippen molar-refractivity contribution in [2.75, 3.05) is 12.4 Å². The molecule has 0 bridgehead atoms. The molecule has 3 N–H and O–H groups in total. The molecule has 1 amide bonds. The van der Waals surface area contributed by atoms with Crippen LogP contribution in [-0.4, -0.2) is 23.1 Å². The summed E-state index contributed by atoms with van der Waals surface area (Å²) in [7, 11) is 1.51. The van der Waals surface area contributed by atoms with Crippen LogP contribution in [-0.2, 0) is 6.42 Å². The normalized spacial score (nSPS) is 14.4. The number of H-pyrrole nitrogens is 1. The zero-order valence-electron chi connectivity index (χ0n) is 17.3. The Balaban J connectivity index is 1.50. The average Bonchev–Trinajstić information content (AvgIpc) is 3.10. The van der Waals surface area contributed by atoms with Gasteiger partial charge in [-0.05, 0) is 42.0 Å². The molecule has 156 valence electrons. The lowest BCUT2D eigenvalue weighted by atomic mass is 9.84. The van der Waals surface area contributed by atoms with Gasteiger partial charge in [0.2, 0.25) is 5.88 Å². The number of amides is 1. The van der Waals surface area contributed by atoms with Crippen LogP contribution in [0.4, 0.5) is 5.69 Å². The number of aromatic nitrogens is 1. The van der Waals surface area contributed by atoms with Gasteiger partial charge in [0.15, 0.2) is 5.75 Å². The van der Waals surface area contributed by atoms with Crippen molar-refractivity contribution in [3.8, 4) is 11.6 Å². The van der Waals surface area contributed by atoms with Gasteiger partial charge < -0.3 is 20.1 Å². The second-order valence-corrected chi connectivity index (χ2v) is 7.93. The van der Waals surface area contributed by atoms with Gasteiger partial charge in [-0.2, -0.15) is 0 Å². The van der Waals surface area contributed by atoms with E-state index >= 15 is 0 Å². The second-order valence-electron chi connectivity index (χ2n) is 7.93. The van der Waals surface area contributed by atoms with Gasteiger partial charge in [-0.15, -0.1) is 0 Å². The fraction of sp³-hybridized carbons (Fsp3) is 0.320. The summed E-state index contributed by atoms with van der Waals surface area (Å²) in [5.74, 6) is 0.407. The van der Waals surface area contributed by atoms with Gasteiger partial charge >= 0.3 is 0 Å². The Morgan fingerprint density at radius 1 is 1.07 bits per heavy atom. The minimum absolute atomic E-state index is 0.125. The number of aromatic amines is 1. The largest absolute Gasteiger partial charge is 0.494 e. The third kappa shape index (κ3) is 4.35. The minimum Gasteiger partial charge on any atom is -0.494 e. The van der Waals surface area contributed by atoms with Crippen molar-refractivity contribution < 1.29 is 14.6 Å². The number of methoxy groups -OCH3 is 1. The molecule has 1 heterocycles. The Labute approximate surface area is 177 Å². The van der Waals surface area contributed by atoms with E-state index in [9.17, 15) is 9.90 Å². The molecule has 5 heteroatoms. The number of hydrogen-bond acceptors (Lipinski definition) is 3. The zero-order valence-corrected chi connectivity index (χ0v) is 17.3. The van der Waals surface area contributed by atoms with Crippen molar-refractivity contribution in [3.63, 3.8) is 0 Å². The van der Waals surface area contributed by atoms with Crippen LogP contribution in [0.2, 0.25) is 0 Å². The van der Waals surface area contributed by atoms with E-state index in [1.165, 1.54) is 44.8 Å². The van der Waals surface area contributed by atoms with E-state index in [1.807, 2.05) is 42.5 Å². The van der Waals surface area contributed by atoms with E-state index < -0.39 is 5.91 Å². The first-order chi connectivity index (χ1) is 14.7. The number of nitrogens with one attached hydrogen (secondary N) is 2. The van der Waals surface area contributed by atoms with Crippen LogP contribution >= 0.6 is 0 Å². The Morgan fingerprint density at radius 3 is 2.43 bits per heavy atom. The van der Waals surface area contributed by atoms with Gasteiger partial charge in [-0.25, -0.2) is 0 Å². The van der Waals surface area contributed by atoms with E-state index in [0.717, 1.165) is 5.56 Å². The van der Waals surface area contributed by atoms with Gasteiger partial charge in [0, 0.05) is 12.1 Å². The summed E-state index contributed by atoms with van der Waals surface area (Å²) in [6.07, 6.45) is 6.93. The number of aromatic hydroxyl groups is 1. The number of carbonyl (C=O) groups is 1. The van der Waals surface area contributed by atoms with Crippen LogP contribution in [0.5, 0.6) is 11.6 Å². The van der Waals surface area contributed by atoms with Crippen molar-refractivity contribution in [1.29, 1.82) is 0 Å². The van der Waals surface area contributed by atoms with Crippen LogP contribution in [0.1, 0.15) is 65.2 Å². The van der Waals surface area contributed by atoms with Gasteiger partial charge in [-0.3, -0.25) is 4.79 Å². The maximum atomic E-state index is 12.9. The van der Waals surface area contributed by atoms with E-state index in [-0.39, 0.29) is 11.4 Å². The fourth-order valence-corrected chi connectivity index (χ4v) is 4.35. The first kappa shape index (κ1) is 20.1. The number of rotatable bonds is 6. The van der Waals surface area contributed by atoms with Crippen LogP contribution in [0, 0.1) is 0 Å². The molecule has 4 rings (SSSR count). The zero-order chi connectivity index (χ0) is 20.9. The molecule has 0 aliphatic heterocycles. The van der Waals surface area contributed by atoms with Gasteiger partial charge in [0.25, 0.3) is 5.91 Å². The summed E-state index contributed by atoms with van der Waals surface area (Å²) in [6, 6.07) is 17.9. The van der Waals surface area contributed by atoms with Crippen molar-refractivity contribution in [1.82, 2.24) is 4.98 Å². The molecule has 0 atom stereocenters. The topological polar surface area (TPSA) is 74.3 Å². The molecule has 0 radical (unpaired) electrons. The predicted molar refractivity (Wildman–Crippen MR) is 118 cm³/mol. The summed E-state index contributed by atoms with van der Waals surface area (Å²) in [5.41, 5.74) is 3.88. The van der Waals surface area contributed by atoms with Crippen LogP contribution in [0.15, 0.2) is 54.6 Å². The summed E-state index contributed by atoms with van der Waals surface area (Å²) in [4.78, 5) is 15.8. The first-order valence-corrected chi connectivity index (χ1v) is 10.6. The third-order valence-electron chi connectivity index (χ3n) is 5.91. The van der Waals surface area contributed by atoms with Crippen molar-refractivity contribution in [3.05, 3.63) is 77.0 Å². The Bertz CT molecular complexity index is 987. The molecule has 5 nitrogen and oxygen atoms in total. The molecule has 2 aromatic carbocycles. The van der Waals surface area contributed by atoms with E-state index in [0.29, 0.717) is 29.5 Å². The van der Waals surface area contributed by atoms with Gasteiger partial charge in [-0.1, -0.05) is 61.7 Å². The molecule has 1 aliphatic rings. The number of benzene rings is 2. The van der Waals surface area contributed by atoms with Crippen molar-refractivity contribution in [2.24, 2.45) is 0 Å². The summed E-state index contributed by atoms with van der Waals surface area (Å²) >= 11 is 0. The van der Waals surface area contributed by atoms with E-state index in [4.69, 9.17) is 4.74 Å². The molecule has 3 aromatic rings. The molecule has 1 saturated carbocycles. The minimum atomic E-state index is -0.398. The van der Waals surface area contributed by atoms with Gasteiger partial charge in [0.1, 0.15) is 5.56 Å². The molecule has 30 heavy (non-hydrogen) atoms. The number of carbonyl (C=O) groups excluding carboxylic acids is 1. The molecular formula is C25H28N2O3. The Kier molecular flexibility index (Phi) is 6.07. The Hall–Kier alpha value is -3.21. The molecule has 1 aliphatic carbocycles. The van der Waals surface area contributed by atoms with Crippen LogP contribution in [0.3, 0.4) is 0 Å². The molecular weight excluding hydrogens is 376 g/mol. The predicted octanol–water partition coefficient (Wildman–Crippen LogP) is 5.62. The monoisotopic (exact) mass is 404 g/mol. The summed E-state index contributed by atoms with van der Waals surface area (Å²) < 4.78 is 5.47. The third-order valence-corrected chi connectivity index (χ3v) is 5.91. The first-order valence-electron chi connectivity index (χ1n) is 10.6. The quantitative estimate of drug-likeness (QED) is 0.499. The summed E-state index contributed by atoms with van der Waals surface area (Å²) in [5, 5.41) is 13.3. The maximum absolute atomic E-state index is 12.9. The van der Waals surface area contributed by atoms with E-state index in [2.05, 4.69) is 22.4 Å². The molecule has 0 unspecified atom stereocenters. The van der Waals surface area contributed by atoms with Crippen LogP contribution in [0.25, 0.3) is 0 Å². The van der Waals surface area contributed by atoms with E-state index in [1.54, 1.807) is 0 Å². The average molecular weight is 405 g/mol.